The minimum Gasteiger partial charge on any atom is -0.378 e. The van der Waals surface area contributed by atoms with E-state index in [2.05, 4.69) is 10.2 Å². The van der Waals surface area contributed by atoms with Crippen LogP contribution in [-0.4, -0.2) is 73.1 Å². The number of hydrogen-bond donors (Lipinski definition) is 1. The lowest BCUT2D eigenvalue weighted by molar-refractivity contribution is -0.136. The van der Waals surface area contributed by atoms with Gasteiger partial charge in [-0.2, -0.15) is 0 Å². The number of aryl methyl sites for hydroxylation is 1. The van der Waals surface area contributed by atoms with Crippen LogP contribution in [0.4, 0.5) is 0 Å². The van der Waals surface area contributed by atoms with Crippen LogP contribution in [0, 0.1) is 12.8 Å². The van der Waals surface area contributed by atoms with E-state index in [1.54, 1.807) is 0 Å². The van der Waals surface area contributed by atoms with Crippen molar-refractivity contribution in [2.24, 2.45) is 5.92 Å². The van der Waals surface area contributed by atoms with Gasteiger partial charge in [-0.1, -0.05) is 17.7 Å². The van der Waals surface area contributed by atoms with Crippen LogP contribution in [0.15, 0.2) is 24.3 Å². The smallest absolute Gasteiger partial charge is 0.251 e. The molecule has 0 aromatic heterocycles. The van der Waals surface area contributed by atoms with Gasteiger partial charge in [0.2, 0.25) is 5.91 Å². The summed E-state index contributed by atoms with van der Waals surface area (Å²) in [6.45, 7) is 6.46. The summed E-state index contributed by atoms with van der Waals surface area (Å²) >= 11 is 0. The summed E-state index contributed by atoms with van der Waals surface area (Å²) in [5.41, 5.74) is 1.86. The SMILES string of the molecule is Cc1ccc(C(=O)NC[C@@H]2CC[C@H](CC(=O)N3CCOCC3)N2CC2CC2)cc1. The predicted molar refractivity (Wildman–Crippen MR) is 112 cm³/mol. The first-order valence-corrected chi connectivity index (χ1v) is 11.1. The molecule has 3 aliphatic rings. The fourth-order valence-electron chi connectivity index (χ4n) is 4.51. The van der Waals surface area contributed by atoms with E-state index in [0.29, 0.717) is 56.9 Å². The Morgan fingerprint density at radius 2 is 1.72 bits per heavy atom. The van der Waals surface area contributed by atoms with Gasteiger partial charge in [-0.15, -0.1) is 0 Å². The number of amides is 2. The molecule has 0 radical (unpaired) electrons. The van der Waals surface area contributed by atoms with Crippen molar-refractivity contribution in [2.45, 2.75) is 51.1 Å². The number of carbonyl (C=O) groups is 2. The zero-order chi connectivity index (χ0) is 20.2. The average molecular weight is 400 g/mol. The molecule has 0 bridgehead atoms. The maximum Gasteiger partial charge on any atom is 0.251 e. The highest BCUT2D eigenvalue weighted by molar-refractivity contribution is 5.94. The van der Waals surface area contributed by atoms with Gasteiger partial charge in [-0.3, -0.25) is 14.5 Å². The third-order valence-electron chi connectivity index (χ3n) is 6.52. The second-order valence-corrected chi connectivity index (χ2v) is 8.80. The van der Waals surface area contributed by atoms with Crippen LogP contribution in [-0.2, 0) is 9.53 Å². The van der Waals surface area contributed by atoms with Crippen LogP contribution in [0.5, 0.6) is 0 Å². The molecule has 6 nitrogen and oxygen atoms in total. The van der Waals surface area contributed by atoms with Crippen molar-refractivity contribution in [1.29, 1.82) is 0 Å². The van der Waals surface area contributed by atoms with Gasteiger partial charge in [-0.25, -0.2) is 0 Å². The Bertz CT molecular complexity index is 711. The van der Waals surface area contributed by atoms with E-state index >= 15 is 0 Å². The Balaban J connectivity index is 1.33. The molecular weight excluding hydrogens is 366 g/mol. The van der Waals surface area contributed by atoms with Crippen molar-refractivity contribution < 1.29 is 14.3 Å². The van der Waals surface area contributed by atoms with Crippen molar-refractivity contribution in [3.05, 3.63) is 35.4 Å². The van der Waals surface area contributed by atoms with Gasteiger partial charge >= 0.3 is 0 Å². The molecule has 158 valence electrons. The predicted octanol–water partition coefficient (Wildman–Crippen LogP) is 2.22. The van der Waals surface area contributed by atoms with E-state index in [4.69, 9.17) is 4.74 Å². The minimum absolute atomic E-state index is 0.00999. The molecule has 1 N–H and O–H groups in total. The summed E-state index contributed by atoms with van der Waals surface area (Å²) in [7, 11) is 0. The van der Waals surface area contributed by atoms with Crippen LogP contribution in [0.1, 0.15) is 48.0 Å². The maximum absolute atomic E-state index is 12.8. The van der Waals surface area contributed by atoms with Crippen LogP contribution >= 0.6 is 0 Å². The Hall–Kier alpha value is -1.92. The molecule has 1 aromatic carbocycles. The summed E-state index contributed by atoms with van der Waals surface area (Å²) in [4.78, 5) is 29.7. The lowest BCUT2D eigenvalue weighted by Gasteiger charge is -2.33. The van der Waals surface area contributed by atoms with Gasteiger partial charge in [0.15, 0.2) is 0 Å². The van der Waals surface area contributed by atoms with Gasteiger partial charge in [0.25, 0.3) is 5.91 Å². The van der Waals surface area contributed by atoms with Crippen molar-refractivity contribution in [3.8, 4) is 0 Å². The van der Waals surface area contributed by atoms with Crippen LogP contribution in [0.25, 0.3) is 0 Å². The zero-order valence-electron chi connectivity index (χ0n) is 17.4. The second-order valence-electron chi connectivity index (χ2n) is 8.80. The number of nitrogens with one attached hydrogen (secondary N) is 1. The van der Waals surface area contributed by atoms with Gasteiger partial charge in [0, 0.05) is 50.2 Å². The van der Waals surface area contributed by atoms with Crippen LogP contribution in [0.2, 0.25) is 0 Å². The molecule has 2 saturated heterocycles. The quantitative estimate of drug-likeness (QED) is 0.764. The number of likely N-dealkylation sites (tertiary alicyclic amines) is 1. The molecule has 1 saturated carbocycles. The lowest BCUT2D eigenvalue weighted by Crippen LogP contribution is -2.47. The molecule has 2 heterocycles. The third kappa shape index (κ3) is 5.37. The Morgan fingerprint density at radius 3 is 2.41 bits per heavy atom. The molecule has 0 unspecified atom stereocenters. The molecule has 4 rings (SSSR count). The van der Waals surface area contributed by atoms with E-state index in [-0.39, 0.29) is 11.8 Å². The highest BCUT2D eigenvalue weighted by Gasteiger charge is 2.38. The van der Waals surface area contributed by atoms with Crippen molar-refractivity contribution in [1.82, 2.24) is 15.1 Å². The summed E-state index contributed by atoms with van der Waals surface area (Å²) in [6, 6.07) is 8.32. The highest BCUT2D eigenvalue weighted by atomic mass is 16.5. The Kier molecular flexibility index (Phi) is 6.50. The van der Waals surface area contributed by atoms with Crippen LogP contribution < -0.4 is 5.32 Å². The number of nitrogens with zero attached hydrogens (tertiary/aromatic N) is 2. The molecule has 1 aromatic rings. The van der Waals surface area contributed by atoms with E-state index in [9.17, 15) is 9.59 Å². The molecule has 29 heavy (non-hydrogen) atoms. The summed E-state index contributed by atoms with van der Waals surface area (Å²) in [5, 5.41) is 3.13. The average Bonchev–Trinajstić information content (AvgIpc) is 3.49. The molecule has 6 heteroatoms. The highest BCUT2D eigenvalue weighted by Crippen LogP contribution is 2.35. The Labute approximate surface area is 173 Å². The summed E-state index contributed by atoms with van der Waals surface area (Å²) in [5.74, 6) is 1.01. The standard InChI is InChI=1S/C23H33N3O3/c1-17-2-6-19(7-3-17)23(28)24-15-21-9-8-20(26(21)16-18-4-5-18)14-22(27)25-10-12-29-13-11-25/h2-3,6-7,18,20-21H,4-5,8-16H2,1H3,(H,24,28)/t20-,21+/m1/s1. The Morgan fingerprint density at radius 1 is 1.03 bits per heavy atom. The van der Waals surface area contributed by atoms with Crippen molar-refractivity contribution >= 4 is 11.8 Å². The summed E-state index contributed by atoms with van der Waals surface area (Å²) < 4.78 is 5.37. The summed E-state index contributed by atoms with van der Waals surface area (Å²) in [6.07, 6.45) is 5.26. The first-order chi connectivity index (χ1) is 14.1. The molecule has 2 aliphatic heterocycles. The van der Waals surface area contributed by atoms with Gasteiger partial charge < -0.3 is 15.0 Å². The van der Waals surface area contributed by atoms with E-state index in [0.717, 1.165) is 30.9 Å². The first-order valence-electron chi connectivity index (χ1n) is 11.1. The largest absolute Gasteiger partial charge is 0.378 e. The van der Waals surface area contributed by atoms with Crippen molar-refractivity contribution in [3.63, 3.8) is 0 Å². The number of carbonyl (C=O) groups excluding carboxylic acids is 2. The molecule has 2 amide bonds. The molecule has 3 fully saturated rings. The second kappa shape index (κ2) is 9.26. The minimum atomic E-state index is -0.00999. The number of hydrogen-bond acceptors (Lipinski definition) is 4. The maximum atomic E-state index is 12.8. The lowest BCUT2D eigenvalue weighted by atomic mass is 10.1. The van der Waals surface area contributed by atoms with Crippen molar-refractivity contribution in [2.75, 3.05) is 39.4 Å². The number of rotatable bonds is 7. The number of morpholine rings is 1. The van der Waals surface area contributed by atoms with Gasteiger partial charge in [0.05, 0.1) is 13.2 Å². The molecule has 1 aliphatic carbocycles. The number of benzene rings is 1. The van der Waals surface area contributed by atoms with Crippen LogP contribution in [0.3, 0.4) is 0 Å². The number of ether oxygens (including phenoxy) is 1. The monoisotopic (exact) mass is 399 g/mol. The zero-order valence-corrected chi connectivity index (χ0v) is 17.4. The van der Waals surface area contributed by atoms with Gasteiger partial charge in [0.1, 0.15) is 0 Å². The third-order valence-corrected chi connectivity index (χ3v) is 6.52. The molecular formula is C23H33N3O3. The van der Waals surface area contributed by atoms with E-state index in [1.165, 1.54) is 12.8 Å². The normalized spacial score (nSPS) is 25.2. The topological polar surface area (TPSA) is 61.9 Å². The fourth-order valence-corrected chi connectivity index (χ4v) is 4.51. The molecule has 2 atom stereocenters. The van der Waals surface area contributed by atoms with Gasteiger partial charge in [-0.05, 0) is 50.7 Å². The first kappa shape index (κ1) is 20.4. The molecule has 0 spiro atoms. The fraction of sp³-hybridized carbons (Fsp3) is 0.652. The van der Waals surface area contributed by atoms with E-state index < -0.39 is 0 Å². The van der Waals surface area contributed by atoms with E-state index in [1.807, 2.05) is 36.1 Å².